The molecule has 0 aliphatic heterocycles. The molecule has 0 aliphatic rings. The monoisotopic (exact) mass is 519 g/mol. The van der Waals surface area contributed by atoms with E-state index in [1.807, 2.05) is 0 Å². The second kappa shape index (κ2) is 10.1. The zero-order chi connectivity index (χ0) is 24.2. The summed E-state index contributed by atoms with van der Waals surface area (Å²) in [6.07, 6.45) is 5.83. The number of nitrogens with one attached hydrogen (secondary N) is 1. The highest BCUT2D eigenvalue weighted by molar-refractivity contribution is 7.17. The van der Waals surface area contributed by atoms with E-state index in [1.165, 1.54) is 42.5 Å². The van der Waals surface area contributed by atoms with Crippen molar-refractivity contribution in [2.24, 2.45) is 7.05 Å². The number of aryl methyl sites for hydroxylation is 1. The summed E-state index contributed by atoms with van der Waals surface area (Å²) in [6, 6.07) is 2.77. The largest absolute Gasteiger partial charge is 0.494 e. The van der Waals surface area contributed by atoms with Crippen molar-refractivity contribution >= 4 is 45.6 Å². The predicted molar refractivity (Wildman–Crippen MR) is 126 cm³/mol. The molecule has 4 heterocycles. The van der Waals surface area contributed by atoms with Crippen LogP contribution in [0.1, 0.15) is 16.1 Å². The molecular formula is C20H15Cl2N7O4S. The first kappa shape index (κ1) is 23.5. The fourth-order valence-corrected chi connectivity index (χ4v) is 3.70. The summed E-state index contributed by atoms with van der Waals surface area (Å²) < 4.78 is 12.2. The molecule has 0 saturated carbocycles. The van der Waals surface area contributed by atoms with Gasteiger partial charge in [-0.15, -0.1) is 5.10 Å². The van der Waals surface area contributed by atoms with Crippen molar-refractivity contribution in [3.63, 3.8) is 0 Å². The highest BCUT2D eigenvalue weighted by Gasteiger charge is 2.20. The van der Waals surface area contributed by atoms with E-state index >= 15 is 0 Å². The first-order chi connectivity index (χ1) is 16.3. The van der Waals surface area contributed by atoms with Crippen LogP contribution in [0.2, 0.25) is 10.3 Å². The van der Waals surface area contributed by atoms with Crippen LogP contribution in [0.5, 0.6) is 10.9 Å². The first-order valence-electron chi connectivity index (χ1n) is 9.48. The number of carbonyl (C=O) groups excluding carboxylic acids is 1. The minimum Gasteiger partial charge on any atom is -0.494 e. The van der Waals surface area contributed by atoms with Gasteiger partial charge >= 0.3 is 0 Å². The molecular weight excluding hydrogens is 505 g/mol. The molecule has 0 aromatic carbocycles. The average molecular weight is 520 g/mol. The molecule has 4 aromatic heterocycles. The van der Waals surface area contributed by atoms with Gasteiger partial charge in [0.25, 0.3) is 16.7 Å². The smallest absolute Gasteiger partial charge is 0.296 e. The summed E-state index contributed by atoms with van der Waals surface area (Å²) in [5.41, 5.74) is 1.17. The summed E-state index contributed by atoms with van der Waals surface area (Å²) in [5.74, 6) is -0.192. The maximum absolute atomic E-state index is 13.1. The van der Waals surface area contributed by atoms with Crippen LogP contribution in [0.3, 0.4) is 0 Å². The lowest BCUT2D eigenvalue weighted by Gasteiger charge is -2.13. The Morgan fingerprint density at radius 1 is 1.09 bits per heavy atom. The van der Waals surface area contributed by atoms with Crippen molar-refractivity contribution in [2.75, 3.05) is 12.4 Å². The van der Waals surface area contributed by atoms with Crippen LogP contribution >= 0.6 is 34.5 Å². The molecule has 1 amide bonds. The minimum absolute atomic E-state index is 0.0915. The molecule has 4 rings (SSSR count). The summed E-state index contributed by atoms with van der Waals surface area (Å²) in [6.45, 7) is 0.0915. The fraction of sp³-hybridized carbons (Fsp3) is 0.150. The lowest BCUT2D eigenvalue weighted by Crippen LogP contribution is -2.21. The molecule has 0 atom stereocenters. The SMILES string of the molecule is COc1cnc(Cl)cc1-c1cn(C)c(=O)cc1C(=O)Nc1nnc(OCc2cnc(Cl)cn2)s1. The molecule has 0 spiro atoms. The lowest BCUT2D eigenvalue weighted by atomic mass is 10.0. The molecule has 0 unspecified atom stereocenters. The third kappa shape index (κ3) is 5.30. The zero-order valence-corrected chi connectivity index (χ0v) is 20.0. The molecule has 1 N–H and O–H groups in total. The zero-order valence-electron chi connectivity index (χ0n) is 17.7. The highest BCUT2D eigenvalue weighted by Crippen LogP contribution is 2.33. The van der Waals surface area contributed by atoms with Crippen molar-refractivity contribution in [1.82, 2.24) is 29.7 Å². The Kier molecular flexibility index (Phi) is 7.01. The number of ether oxygens (including phenoxy) is 2. The van der Waals surface area contributed by atoms with E-state index in [1.54, 1.807) is 13.1 Å². The molecule has 0 fully saturated rings. The Labute approximate surface area is 206 Å². The van der Waals surface area contributed by atoms with Gasteiger partial charge in [-0.3, -0.25) is 19.9 Å². The topological polar surface area (TPSA) is 134 Å². The van der Waals surface area contributed by atoms with E-state index in [-0.39, 0.29) is 38.4 Å². The third-order valence-corrected chi connectivity index (χ3v) is 5.61. The molecule has 11 nitrogen and oxygen atoms in total. The quantitative estimate of drug-likeness (QED) is 0.365. The second-order valence-electron chi connectivity index (χ2n) is 6.70. The van der Waals surface area contributed by atoms with Gasteiger partial charge in [0.15, 0.2) is 0 Å². The van der Waals surface area contributed by atoms with E-state index < -0.39 is 5.91 Å². The molecule has 0 saturated heterocycles. The number of nitrogens with zero attached hydrogens (tertiary/aromatic N) is 6. The molecule has 174 valence electrons. The van der Waals surface area contributed by atoms with E-state index in [9.17, 15) is 9.59 Å². The summed E-state index contributed by atoms with van der Waals surface area (Å²) in [7, 11) is 3.04. The Morgan fingerprint density at radius 3 is 2.62 bits per heavy atom. The van der Waals surface area contributed by atoms with Gasteiger partial charge in [0, 0.05) is 30.4 Å². The van der Waals surface area contributed by atoms with Gasteiger partial charge in [-0.05, 0) is 17.4 Å². The summed E-state index contributed by atoms with van der Waals surface area (Å²) >= 11 is 12.8. The molecule has 0 aliphatic carbocycles. The number of methoxy groups -OCH3 is 1. The van der Waals surface area contributed by atoms with Crippen LogP contribution in [0, 0.1) is 0 Å². The number of hydrogen-bond acceptors (Lipinski definition) is 10. The van der Waals surface area contributed by atoms with Crippen molar-refractivity contribution < 1.29 is 14.3 Å². The van der Waals surface area contributed by atoms with Crippen LogP contribution in [-0.4, -0.2) is 42.7 Å². The Bertz CT molecular complexity index is 1410. The van der Waals surface area contributed by atoms with E-state index in [0.717, 1.165) is 11.3 Å². The van der Waals surface area contributed by atoms with Crippen LogP contribution in [-0.2, 0) is 13.7 Å². The molecule has 4 aromatic rings. The van der Waals surface area contributed by atoms with Crippen LogP contribution in [0.4, 0.5) is 5.13 Å². The maximum atomic E-state index is 13.1. The first-order valence-corrected chi connectivity index (χ1v) is 11.1. The van der Waals surface area contributed by atoms with E-state index in [4.69, 9.17) is 32.7 Å². The highest BCUT2D eigenvalue weighted by atomic mass is 35.5. The number of anilines is 1. The van der Waals surface area contributed by atoms with Crippen LogP contribution < -0.4 is 20.3 Å². The summed E-state index contributed by atoms with van der Waals surface area (Å²) in [5, 5.41) is 11.3. The fourth-order valence-electron chi connectivity index (χ4n) is 2.86. The molecule has 14 heteroatoms. The van der Waals surface area contributed by atoms with E-state index in [2.05, 4.69) is 30.5 Å². The number of carbonyl (C=O) groups is 1. The normalized spacial score (nSPS) is 10.7. The Balaban J connectivity index is 1.57. The number of amides is 1. The van der Waals surface area contributed by atoms with Gasteiger partial charge in [0.2, 0.25) is 5.13 Å². The summed E-state index contributed by atoms with van der Waals surface area (Å²) in [4.78, 5) is 37.4. The molecule has 34 heavy (non-hydrogen) atoms. The maximum Gasteiger partial charge on any atom is 0.296 e. The predicted octanol–water partition coefficient (Wildman–Crippen LogP) is 3.24. The number of pyridine rings is 2. The average Bonchev–Trinajstić information content (AvgIpc) is 3.27. The number of hydrogen-bond donors (Lipinski definition) is 1. The number of rotatable bonds is 7. The molecule has 0 bridgehead atoms. The second-order valence-corrected chi connectivity index (χ2v) is 8.42. The van der Waals surface area contributed by atoms with Crippen molar-refractivity contribution in [3.05, 3.63) is 68.8 Å². The molecule has 0 radical (unpaired) electrons. The van der Waals surface area contributed by atoms with Gasteiger partial charge in [-0.25, -0.2) is 9.97 Å². The Hall–Kier alpha value is -3.61. The van der Waals surface area contributed by atoms with Gasteiger partial charge in [-0.2, -0.15) is 0 Å². The van der Waals surface area contributed by atoms with Crippen LogP contribution in [0.25, 0.3) is 11.1 Å². The van der Waals surface area contributed by atoms with Crippen LogP contribution in [0.15, 0.2) is 41.7 Å². The van der Waals surface area contributed by atoms with Gasteiger partial charge in [0.1, 0.15) is 22.7 Å². The third-order valence-electron chi connectivity index (χ3n) is 4.46. The van der Waals surface area contributed by atoms with Gasteiger partial charge in [-0.1, -0.05) is 28.3 Å². The van der Waals surface area contributed by atoms with Crippen molar-refractivity contribution in [1.29, 1.82) is 0 Å². The standard InChI is InChI=1S/C20H15Cl2N7O4S/c1-29-8-13(11-3-15(21)25-6-14(11)32-2)12(4-17(29)30)18(31)26-19-27-28-20(34-19)33-9-10-5-24-16(22)7-23-10/h3-8H,9H2,1-2H3,(H,26,27,31). The van der Waals surface area contributed by atoms with Crippen molar-refractivity contribution in [3.8, 4) is 22.1 Å². The van der Waals surface area contributed by atoms with Gasteiger partial charge in [0.05, 0.1) is 37.0 Å². The van der Waals surface area contributed by atoms with Gasteiger partial charge < -0.3 is 14.0 Å². The Morgan fingerprint density at radius 2 is 1.88 bits per heavy atom. The van der Waals surface area contributed by atoms with E-state index in [0.29, 0.717) is 22.6 Å². The number of halogens is 2. The number of aromatic nitrogens is 6. The lowest BCUT2D eigenvalue weighted by molar-refractivity contribution is 0.102. The van der Waals surface area contributed by atoms with Crippen molar-refractivity contribution in [2.45, 2.75) is 6.61 Å². The minimum atomic E-state index is -0.575.